The number of benzene rings is 3. The SMILES string of the molecule is CCc1ccc(C(=O)c2cn(CC(=O)Nc3ccc4c(c3)OCCO4)c3ccc(C)cc3c2=O)cc1. The highest BCUT2D eigenvalue weighted by Crippen LogP contribution is 2.32. The number of nitrogens with one attached hydrogen (secondary N) is 1. The molecule has 7 heteroatoms. The van der Waals surface area contributed by atoms with Crippen LogP contribution in [0.5, 0.6) is 11.5 Å². The summed E-state index contributed by atoms with van der Waals surface area (Å²) in [6, 6.07) is 17.9. The van der Waals surface area contributed by atoms with Gasteiger partial charge >= 0.3 is 0 Å². The fourth-order valence-electron chi connectivity index (χ4n) is 4.33. The Balaban J connectivity index is 1.49. The Labute approximate surface area is 208 Å². The molecule has 0 radical (unpaired) electrons. The summed E-state index contributed by atoms with van der Waals surface area (Å²) in [5.74, 6) is 0.538. The van der Waals surface area contributed by atoms with Crippen molar-refractivity contribution in [2.75, 3.05) is 18.5 Å². The molecule has 0 bridgehead atoms. The van der Waals surface area contributed by atoms with Crippen LogP contribution in [-0.2, 0) is 17.8 Å². The average molecular weight is 483 g/mol. The molecule has 0 aliphatic carbocycles. The van der Waals surface area contributed by atoms with Crippen molar-refractivity contribution in [2.45, 2.75) is 26.8 Å². The summed E-state index contributed by atoms with van der Waals surface area (Å²) in [5, 5.41) is 3.27. The largest absolute Gasteiger partial charge is 0.486 e. The Bertz CT molecular complexity index is 1540. The molecule has 5 rings (SSSR count). The van der Waals surface area contributed by atoms with E-state index in [0.717, 1.165) is 17.5 Å². The minimum absolute atomic E-state index is 0.0319. The summed E-state index contributed by atoms with van der Waals surface area (Å²) in [6.07, 6.45) is 2.34. The van der Waals surface area contributed by atoms with E-state index < -0.39 is 0 Å². The van der Waals surface area contributed by atoms with Gasteiger partial charge in [0.05, 0.1) is 11.1 Å². The van der Waals surface area contributed by atoms with Crippen LogP contribution < -0.4 is 20.2 Å². The number of pyridine rings is 1. The normalized spacial score (nSPS) is 12.4. The first kappa shape index (κ1) is 23.4. The first-order valence-electron chi connectivity index (χ1n) is 11.9. The van der Waals surface area contributed by atoms with Crippen molar-refractivity contribution in [3.05, 3.63) is 99.3 Å². The molecule has 0 fully saturated rings. The first-order valence-corrected chi connectivity index (χ1v) is 11.9. The molecular weight excluding hydrogens is 456 g/mol. The second kappa shape index (κ2) is 9.70. The van der Waals surface area contributed by atoms with Crippen LogP contribution in [0, 0.1) is 6.92 Å². The number of anilines is 1. The molecule has 2 heterocycles. The Hall–Kier alpha value is -4.39. The number of carbonyl (C=O) groups is 2. The quantitative estimate of drug-likeness (QED) is 0.409. The van der Waals surface area contributed by atoms with Crippen molar-refractivity contribution in [2.24, 2.45) is 0 Å². The van der Waals surface area contributed by atoms with Crippen molar-refractivity contribution in [3.63, 3.8) is 0 Å². The molecular formula is C29H26N2O5. The first-order chi connectivity index (χ1) is 17.4. The number of amides is 1. The fourth-order valence-corrected chi connectivity index (χ4v) is 4.33. The van der Waals surface area contributed by atoms with E-state index in [2.05, 4.69) is 5.32 Å². The number of aromatic nitrogens is 1. The zero-order chi connectivity index (χ0) is 25.2. The van der Waals surface area contributed by atoms with Crippen molar-refractivity contribution in [1.82, 2.24) is 4.57 Å². The number of hydrogen-bond donors (Lipinski definition) is 1. The lowest BCUT2D eigenvalue weighted by Crippen LogP contribution is -2.24. The number of aryl methyl sites for hydroxylation is 2. The molecule has 0 saturated carbocycles. The van der Waals surface area contributed by atoms with Gasteiger partial charge in [-0.1, -0.05) is 42.8 Å². The summed E-state index contributed by atoms with van der Waals surface area (Å²) < 4.78 is 12.8. The number of ether oxygens (including phenoxy) is 2. The monoisotopic (exact) mass is 482 g/mol. The number of rotatable bonds is 6. The second-order valence-electron chi connectivity index (χ2n) is 8.81. The molecule has 0 atom stereocenters. The third-order valence-electron chi connectivity index (χ3n) is 6.24. The summed E-state index contributed by atoms with van der Waals surface area (Å²) >= 11 is 0. The van der Waals surface area contributed by atoms with Crippen LogP contribution in [0.15, 0.2) is 71.7 Å². The lowest BCUT2D eigenvalue weighted by atomic mass is 10.00. The van der Waals surface area contributed by atoms with Crippen LogP contribution in [0.1, 0.15) is 34.0 Å². The Morgan fingerprint density at radius 3 is 2.44 bits per heavy atom. The van der Waals surface area contributed by atoms with Crippen molar-refractivity contribution in [3.8, 4) is 11.5 Å². The van der Waals surface area contributed by atoms with Gasteiger partial charge in [0, 0.05) is 28.9 Å². The Morgan fingerprint density at radius 2 is 1.69 bits per heavy atom. The molecule has 1 amide bonds. The predicted molar refractivity (Wildman–Crippen MR) is 138 cm³/mol. The maximum absolute atomic E-state index is 13.3. The number of fused-ring (bicyclic) bond motifs is 2. The van der Waals surface area contributed by atoms with E-state index in [1.807, 2.05) is 32.0 Å². The Morgan fingerprint density at radius 1 is 0.944 bits per heavy atom. The van der Waals surface area contributed by atoms with E-state index in [-0.39, 0.29) is 29.2 Å². The van der Waals surface area contributed by atoms with Gasteiger partial charge in [-0.05, 0) is 43.2 Å². The van der Waals surface area contributed by atoms with Gasteiger partial charge in [-0.15, -0.1) is 0 Å². The summed E-state index contributed by atoms with van der Waals surface area (Å²) in [4.78, 5) is 39.6. The molecule has 1 aliphatic rings. The lowest BCUT2D eigenvalue weighted by molar-refractivity contribution is -0.116. The number of nitrogens with zero attached hydrogens (tertiary/aromatic N) is 1. The van der Waals surface area contributed by atoms with Crippen LogP contribution in [0.2, 0.25) is 0 Å². The van der Waals surface area contributed by atoms with Crippen LogP contribution in [0.3, 0.4) is 0 Å². The number of carbonyl (C=O) groups excluding carboxylic acids is 2. The highest BCUT2D eigenvalue weighted by Gasteiger charge is 2.19. The van der Waals surface area contributed by atoms with E-state index in [1.54, 1.807) is 47.0 Å². The zero-order valence-electron chi connectivity index (χ0n) is 20.2. The molecule has 1 aromatic heterocycles. The fraction of sp³-hybridized carbons (Fsp3) is 0.207. The molecule has 1 aliphatic heterocycles. The smallest absolute Gasteiger partial charge is 0.244 e. The zero-order valence-corrected chi connectivity index (χ0v) is 20.2. The topological polar surface area (TPSA) is 86.6 Å². The molecule has 4 aromatic rings. The van der Waals surface area contributed by atoms with Gasteiger partial charge < -0.3 is 19.4 Å². The summed E-state index contributed by atoms with van der Waals surface area (Å²) in [5.41, 5.74) is 3.27. The molecule has 3 aromatic carbocycles. The summed E-state index contributed by atoms with van der Waals surface area (Å²) in [6.45, 7) is 4.78. The highest BCUT2D eigenvalue weighted by molar-refractivity contribution is 6.10. The third kappa shape index (κ3) is 4.60. The molecule has 7 nitrogen and oxygen atoms in total. The van der Waals surface area contributed by atoms with Gasteiger partial charge in [0.15, 0.2) is 17.3 Å². The Kier molecular flexibility index (Phi) is 6.29. The van der Waals surface area contributed by atoms with Crippen molar-refractivity contribution in [1.29, 1.82) is 0 Å². The van der Waals surface area contributed by atoms with E-state index in [1.165, 1.54) is 6.20 Å². The van der Waals surface area contributed by atoms with Gasteiger partial charge in [0.25, 0.3) is 0 Å². The molecule has 0 saturated heterocycles. The van der Waals surface area contributed by atoms with Gasteiger partial charge in [0.1, 0.15) is 19.8 Å². The average Bonchev–Trinajstić information content (AvgIpc) is 2.90. The van der Waals surface area contributed by atoms with E-state index in [4.69, 9.17) is 9.47 Å². The third-order valence-corrected chi connectivity index (χ3v) is 6.24. The van der Waals surface area contributed by atoms with E-state index in [0.29, 0.717) is 46.9 Å². The second-order valence-corrected chi connectivity index (χ2v) is 8.81. The van der Waals surface area contributed by atoms with Crippen molar-refractivity contribution >= 4 is 28.3 Å². The standard InChI is InChI=1S/C29H26N2O5/c1-3-19-5-7-20(8-6-19)28(33)23-16-31(24-10-4-18(2)14-22(24)29(23)34)17-27(32)30-21-9-11-25-26(15-21)36-13-12-35-25/h4-11,14-16H,3,12-13,17H2,1-2H3,(H,30,32). The van der Waals surface area contributed by atoms with Crippen LogP contribution in [-0.4, -0.2) is 29.5 Å². The highest BCUT2D eigenvalue weighted by atomic mass is 16.6. The molecule has 0 spiro atoms. The van der Waals surface area contributed by atoms with Crippen molar-refractivity contribution < 1.29 is 19.1 Å². The molecule has 0 unspecified atom stereocenters. The van der Waals surface area contributed by atoms with Gasteiger partial charge in [0.2, 0.25) is 11.3 Å². The van der Waals surface area contributed by atoms with Gasteiger partial charge in [-0.2, -0.15) is 0 Å². The van der Waals surface area contributed by atoms with Crippen LogP contribution in [0.4, 0.5) is 5.69 Å². The van der Waals surface area contributed by atoms with E-state index >= 15 is 0 Å². The minimum Gasteiger partial charge on any atom is -0.486 e. The van der Waals surface area contributed by atoms with Gasteiger partial charge in [-0.3, -0.25) is 14.4 Å². The summed E-state index contributed by atoms with van der Waals surface area (Å²) in [7, 11) is 0. The predicted octanol–water partition coefficient (Wildman–Crippen LogP) is 4.51. The van der Waals surface area contributed by atoms with Crippen LogP contribution >= 0.6 is 0 Å². The molecule has 36 heavy (non-hydrogen) atoms. The lowest BCUT2D eigenvalue weighted by Gasteiger charge is -2.19. The molecule has 1 N–H and O–H groups in total. The number of ketones is 1. The minimum atomic E-state index is -0.368. The number of hydrogen-bond acceptors (Lipinski definition) is 5. The van der Waals surface area contributed by atoms with Gasteiger partial charge in [-0.25, -0.2) is 0 Å². The maximum Gasteiger partial charge on any atom is 0.244 e. The van der Waals surface area contributed by atoms with Crippen LogP contribution in [0.25, 0.3) is 10.9 Å². The maximum atomic E-state index is 13.3. The molecule has 182 valence electrons. The van der Waals surface area contributed by atoms with E-state index in [9.17, 15) is 14.4 Å².